The lowest BCUT2D eigenvalue weighted by Crippen LogP contribution is -2.29. The quantitative estimate of drug-likeness (QED) is 0.280. The van der Waals surface area contributed by atoms with E-state index in [1.54, 1.807) is 17.9 Å². The van der Waals surface area contributed by atoms with E-state index in [4.69, 9.17) is 9.47 Å². The molecule has 0 aliphatic rings. The number of carbonyl (C=O) groups excluding carboxylic acids is 1. The zero-order valence-electron chi connectivity index (χ0n) is 19.8. The molecule has 0 atom stereocenters. The largest absolute Gasteiger partial charge is 0.497 e. The first-order valence-corrected chi connectivity index (χ1v) is 11.7. The number of rotatable bonds is 9. The van der Waals surface area contributed by atoms with Crippen molar-refractivity contribution in [3.63, 3.8) is 0 Å². The first-order valence-electron chi connectivity index (χ1n) is 11.7. The summed E-state index contributed by atoms with van der Waals surface area (Å²) in [5, 5.41) is 4.85. The number of hydrogen-bond donors (Lipinski definition) is 0. The van der Waals surface area contributed by atoms with Crippen LogP contribution in [0.15, 0.2) is 78.0 Å². The van der Waals surface area contributed by atoms with E-state index >= 15 is 0 Å². The SMILES string of the molecule is C.COc1ccc(Cn2c(=O)n3ncnc3c3cc(CCCC(=O)OCc4ccccc4)cnc32)cc1. The smallest absolute Gasteiger partial charge is 0.352 e. The lowest BCUT2D eigenvalue weighted by atomic mass is 10.1. The summed E-state index contributed by atoms with van der Waals surface area (Å²) in [6, 6.07) is 19.1. The zero-order chi connectivity index (χ0) is 24.9. The maximum absolute atomic E-state index is 13.1. The number of ether oxygens (including phenoxy) is 2. The topological polar surface area (TPSA) is 101 Å². The summed E-state index contributed by atoms with van der Waals surface area (Å²) in [6.07, 6.45) is 4.68. The number of aromatic nitrogens is 5. The van der Waals surface area contributed by atoms with Crippen LogP contribution in [-0.2, 0) is 29.1 Å². The van der Waals surface area contributed by atoms with Crippen molar-refractivity contribution in [3.8, 4) is 5.75 Å². The highest BCUT2D eigenvalue weighted by Crippen LogP contribution is 2.19. The van der Waals surface area contributed by atoms with Gasteiger partial charge in [0.1, 0.15) is 24.3 Å². The second-order valence-electron chi connectivity index (χ2n) is 8.43. The molecule has 0 saturated carbocycles. The summed E-state index contributed by atoms with van der Waals surface area (Å²) < 4.78 is 13.5. The van der Waals surface area contributed by atoms with Gasteiger partial charge in [-0.05, 0) is 47.7 Å². The molecule has 0 bridgehead atoms. The van der Waals surface area contributed by atoms with Crippen molar-refractivity contribution in [1.82, 2.24) is 24.1 Å². The minimum absolute atomic E-state index is 0. The molecule has 9 heteroatoms. The van der Waals surface area contributed by atoms with E-state index in [0.29, 0.717) is 37.1 Å². The van der Waals surface area contributed by atoms with Gasteiger partial charge in [-0.25, -0.2) is 14.8 Å². The molecule has 0 spiro atoms. The van der Waals surface area contributed by atoms with E-state index in [-0.39, 0.29) is 25.7 Å². The monoisotopic (exact) mass is 499 g/mol. The van der Waals surface area contributed by atoms with Crippen LogP contribution in [0.3, 0.4) is 0 Å². The zero-order valence-corrected chi connectivity index (χ0v) is 19.8. The minimum Gasteiger partial charge on any atom is -0.497 e. The number of methoxy groups -OCH3 is 1. The standard InChI is InChI=1S/C27H25N5O4.CH4/c1-35-22-12-10-19(11-13-22)16-31-25-23(26-29-18-30-32(26)27(31)34)14-21(15-28-25)8-5-9-24(33)36-17-20-6-3-2-4-7-20;/h2-4,6-7,10-15,18H,5,8-9,16-17H2,1H3;1H4. The first kappa shape index (κ1) is 25.6. The lowest BCUT2D eigenvalue weighted by Gasteiger charge is -2.12. The van der Waals surface area contributed by atoms with Crippen LogP contribution in [-0.4, -0.2) is 37.2 Å². The van der Waals surface area contributed by atoms with Crippen molar-refractivity contribution >= 4 is 22.6 Å². The third-order valence-electron chi connectivity index (χ3n) is 5.97. The maximum atomic E-state index is 13.1. The van der Waals surface area contributed by atoms with Gasteiger partial charge in [0.05, 0.1) is 19.0 Å². The van der Waals surface area contributed by atoms with Gasteiger partial charge in [0.2, 0.25) is 0 Å². The molecule has 0 radical (unpaired) electrons. The highest BCUT2D eigenvalue weighted by molar-refractivity contribution is 5.89. The normalized spacial score (nSPS) is 10.8. The van der Waals surface area contributed by atoms with Gasteiger partial charge < -0.3 is 9.47 Å². The van der Waals surface area contributed by atoms with E-state index in [1.165, 1.54) is 10.8 Å². The maximum Gasteiger partial charge on any atom is 0.352 e. The Morgan fingerprint density at radius 2 is 1.73 bits per heavy atom. The summed E-state index contributed by atoms with van der Waals surface area (Å²) >= 11 is 0. The molecule has 5 aromatic rings. The summed E-state index contributed by atoms with van der Waals surface area (Å²) in [5.74, 6) is 0.509. The second-order valence-corrected chi connectivity index (χ2v) is 8.43. The van der Waals surface area contributed by atoms with Crippen LogP contribution < -0.4 is 10.4 Å². The predicted molar refractivity (Wildman–Crippen MR) is 141 cm³/mol. The van der Waals surface area contributed by atoms with Crippen LogP contribution in [0.1, 0.15) is 37.0 Å². The summed E-state index contributed by atoms with van der Waals surface area (Å²) in [4.78, 5) is 34.2. The van der Waals surface area contributed by atoms with Gasteiger partial charge in [-0.2, -0.15) is 9.61 Å². The predicted octanol–water partition coefficient (Wildman–Crippen LogP) is 4.20. The van der Waals surface area contributed by atoms with Gasteiger partial charge in [-0.15, -0.1) is 0 Å². The fourth-order valence-electron chi connectivity index (χ4n) is 4.09. The van der Waals surface area contributed by atoms with Crippen molar-refractivity contribution < 1.29 is 14.3 Å². The Bertz CT molecular complexity index is 1560. The molecular formula is C28H29N5O4. The molecule has 3 heterocycles. The number of nitrogens with zero attached hydrogens (tertiary/aromatic N) is 5. The molecule has 2 aromatic carbocycles. The number of esters is 1. The van der Waals surface area contributed by atoms with E-state index in [9.17, 15) is 9.59 Å². The molecule has 0 fully saturated rings. The van der Waals surface area contributed by atoms with Crippen LogP contribution in [0.4, 0.5) is 0 Å². The van der Waals surface area contributed by atoms with Crippen molar-refractivity contribution in [2.24, 2.45) is 0 Å². The fraction of sp³-hybridized carbons (Fsp3) is 0.250. The Balaban J connectivity index is 0.00000320. The minimum atomic E-state index is -0.313. The van der Waals surface area contributed by atoms with Crippen LogP contribution in [0, 0.1) is 0 Å². The third-order valence-corrected chi connectivity index (χ3v) is 5.97. The average Bonchev–Trinajstić information content (AvgIpc) is 3.41. The molecule has 5 rings (SSSR count). The third kappa shape index (κ3) is 5.66. The van der Waals surface area contributed by atoms with E-state index in [2.05, 4.69) is 15.1 Å². The molecule has 0 N–H and O–H groups in total. The number of pyridine rings is 1. The highest BCUT2D eigenvalue weighted by Gasteiger charge is 2.15. The van der Waals surface area contributed by atoms with E-state index in [1.807, 2.05) is 60.7 Å². The van der Waals surface area contributed by atoms with Gasteiger partial charge in [-0.1, -0.05) is 49.9 Å². The molecule has 0 amide bonds. The van der Waals surface area contributed by atoms with E-state index < -0.39 is 0 Å². The summed E-state index contributed by atoms with van der Waals surface area (Å²) in [6.45, 7) is 0.600. The van der Waals surface area contributed by atoms with Crippen LogP contribution >= 0.6 is 0 Å². The Morgan fingerprint density at radius 3 is 2.49 bits per heavy atom. The van der Waals surface area contributed by atoms with Gasteiger partial charge in [0.25, 0.3) is 0 Å². The van der Waals surface area contributed by atoms with Crippen molar-refractivity contribution in [2.75, 3.05) is 7.11 Å². The van der Waals surface area contributed by atoms with Gasteiger partial charge in [0, 0.05) is 12.6 Å². The molecule has 190 valence electrons. The molecule has 0 aliphatic heterocycles. The van der Waals surface area contributed by atoms with Crippen molar-refractivity contribution in [1.29, 1.82) is 0 Å². The van der Waals surface area contributed by atoms with Crippen LogP contribution in [0.5, 0.6) is 5.75 Å². The Morgan fingerprint density at radius 1 is 0.946 bits per heavy atom. The van der Waals surface area contributed by atoms with Crippen molar-refractivity contribution in [2.45, 2.75) is 39.8 Å². The van der Waals surface area contributed by atoms with Gasteiger partial charge >= 0.3 is 11.7 Å². The Hall–Kier alpha value is -4.53. The molecule has 0 saturated heterocycles. The number of benzene rings is 2. The fourth-order valence-corrected chi connectivity index (χ4v) is 4.09. The highest BCUT2D eigenvalue weighted by atomic mass is 16.5. The Kier molecular flexibility index (Phi) is 7.92. The molecule has 37 heavy (non-hydrogen) atoms. The molecule has 0 unspecified atom stereocenters. The van der Waals surface area contributed by atoms with Gasteiger partial charge in [0.15, 0.2) is 5.65 Å². The number of carbonyl (C=O) groups is 1. The second kappa shape index (κ2) is 11.5. The average molecular weight is 500 g/mol. The van der Waals surface area contributed by atoms with E-state index in [0.717, 1.165) is 27.8 Å². The van der Waals surface area contributed by atoms with Crippen molar-refractivity contribution in [3.05, 3.63) is 100 Å². The van der Waals surface area contributed by atoms with Crippen LogP contribution in [0.2, 0.25) is 0 Å². The number of aryl methyl sites for hydroxylation is 1. The molecule has 9 nitrogen and oxygen atoms in total. The number of hydrogen-bond acceptors (Lipinski definition) is 7. The molecule has 0 aliphatic carbocycles. The lowest BCUT2D eigenvalue weighted by molar-refractivity contribution is -0.145. The Labute approximate surface area is 214 Å². The summed E-state index contributed by atoms with van der Waals surface area (Å²) in [7, 11) is 1.61. The first-order chi connectivity index (χ1) is 17.6. The van der Waals surface area contributed by atoms with Crippen LogP contribution in [0.25, 0.3) is 16.7 Å². The number of fused-ring (bicyclic) bond motifs is 3. The van der Waals surface area contributed by atoms with Gasteiger partial charge in [-0.3, -0.25) is 9.36 Å². The summed E-state index contributed by atoms with van der Waals surface area (Å²) in [5.41, 5.74) is 3.51. The molecular weight excluding hydrogens is 470 g/mol. The molecule has 3 aromatic heterocycles.